The molecule has 0 fully saturated rings. The number of halogens is 2. The van der Waals surface area contributed by atoms with Crippen LogP contribution in [-0.2, 0) is 6.54 Å². The fourth-order valence-electron chi connectivity index (χ4n) is 1.75. The van der Waals surface area contributed by atoms with E-state index in [-0.39, 0.29) is 0 Å². The maximum absolute atomic E-state index is 6.10. The van der Waals surface area contributed by atoms with Crippen molar-refractivity contribution in [2.45, 2.75) is 6.54 Å². The zero-order valence-electron chi connectivity index (χ0n) is 11.3. The molecule has 0 aliphatic heterocycles. The summed E-state index contributed by atoms with van der Waals surface area (Å²) >= 11 is 12.1. The molecule has 0 aliphatic carbocycles. The normalized spacial score (nSPS) is 10.5. The summed E-state index contributed by atoms with van der Waals surface area (Å²) in [5.41, 5.74) is 0.645. The van der Waals surface area contributed by atoms with Crippen LogP contribution >= 0.6 is 23.2 Å². The molecular formula is C14H11Cl2N5O. The number of aromatic nitrogens is 3. The molecule has 0 amide bonds. The third-order valence-corrected chi connectivity index (χ3v) is 3.32. The van der Waals surface area contributed by atoms with Gasteiger partial charge >= 0.3 is 0 Å². The highest BCUT2D eigenvalue weighted by Gasteiger charge is 2.05. The molecule has 22 heavy (non-hydrogen) atoms. The van der Waals surface area contributed by atoms with Gasteiger partial charge in [0, 0.05) is 5.02 Å². The second-order valence-electron chi connectivity index (χ2n) is 4.35. The predicted molar refractivity (Wildman–Crippen MR) is 85.6 cm³/mol. The van der Waals surface area contributed by atoms with Crippen LogP contribution in [-0.4, -0.2) is 15.2 Å². The van der Waals surface area contributed by atoms with Gasteiger partial charge in [-0.25, -0.2) is 0 Å². The molecule has 8 heteroatoms. The van der Waals surface area contributed by atoms with Crippen molar-refractivity contribution in [2.24, 2.45) is 0 Å². The van der Waals surface area contributed by atoms with Crippen molar-refractivity contribution in [3.63, 3.8) is 0 Å². The monoisotopic (exact) mass is 335 g/mol. The second kappa shape index (κ2) is 6.64. The van der Waals surface area contributed by atoms with Gasteiger partial charge in [0.05, 0.1) is 29.7 Å². The van der Waals surface area contributed by atoms with Crippen molar-refractivity contribution in [3.05, 3.63) is 58.6 Å². The van der Waals surface area contributed by atoms with E-state index in [0.717, 1.165) is 5.76 Å². The van der Waals surface area contributed by atoms with E-state index in [1.54, 1.807) is 24.5 Å². The van der Waals surface area contributed by atoms with Gasteiger partial charge in [0.15, 0.2) is 5.82 Å². The first kappa shape index (κ1) is 14.6. The minimum Gasteiger partial charge on any atom is -0.467 e. The summed E-state index contributed by atoms with van der Waals surface area (Å²) in [6, 6.07) is 8.80. The summed E-state index contributed by atoms with van der Waals surface area (Å²) in [5.74, 6) is 1.65. The van der Waals surface area contributed by atoms with Crippen LogP contribution in [0.25, 0.3) is 0 Å². The summed E-state index contributed by atoms with van der Waals surface area (Å²) in [4.78, 5) is 4.30. The molecule has 2 aromatic heterocycles. The van der Waals surface area contributed by atoms with E-state index in [2.05, 4.69) is 25.8 Å². The third kappa shape index (κ3) is 3.66. The van der Waals surface area contributed by atoms with Crippen molar-refractivity contribution in [2.75, 3.05) is 10.6 Å². The van der Waals surface area contributed by atoms with Gasteiger partial charge in [-0.2, -0.15) is 10.1 Å². The number of nitrogens with one attached hydrogen (secondary N) is 2. The highest BCUT2D eigenvalue weighted by atomic mass is 35.5. The molecule has 0 radical (unpaired) electrons. The number of anilines is 3. The van der Waals surface area contributed by atoms with Crippen LogP contribution in [0.3, 0.4) is 0 Å². The van der Waals surface area contributed by atoms with E-state index in [1.165, 1.54) is 6.20 Å². The molecular weight excluding hydrogens is 325 g/mol. The van der Waals surface area contributed by atoms with Crippen LogP contribution < -0.4 is 10.6 Å². The van der Waals surface area contributed by atoms with Crippen LogP contribution in [0.5, 0.6) is 0 Å². The lowest BCUT2D eigenvalue weighted by Crippen LogP contribution is -2.06. The molecule has 0 saturated heterocycles. The summed E-state index contributed by atoms with van der Waals surface area (Å²) in [5, 5.41) is 15.0. The molecule has 0 spiro atoms. The van der Waals surface area contributed by atoms with Crippen LogP contribution in [0.1, 0.15) is 5.76 Å². The van der Waals surface area contributed by atoms with Gasteiger partial charge in [-0.05, 0) is 30.3 Å². The van der Waals surface area contributed by atoms with E-state index in [0.29, 0.717) is 34.0 Å². The standard InChI is InChI=1S/C14H11Cl2N5O/c15-9-3-4-11(16)12(6-9)19-13-8-18-21-14(20-13)17-7-10-2-1-5-22-10/h1-6,8H,7H2,(H2,17,19,20,21). The lowest BCUT2D eigenvalue weighted by atomic mass is 10.3. The van der Waals surface area contributed by atoms with E-state index in [4.69, 9.17) is 27.6 Å². The van der Waals surface area contributed by atoms with Crippen LogP contribution in [0.2, 0.25) is 10.0 Å². The fraction of sp³-hybridized carbons (Fsp3) is 0.0714. The minimum absolute atomic E-state index is 0.375. The summed E-state index contributed by atoms with van der Waals surface area (Å²) in [7, 11) is 0. The van der Waals surface area contributed by atoms with Gasteiger partial charge in [-0.1, -0.05) is 23.2 Å². The predicted octanol–water partition coefficient (Wildman–Crippen LogP) is 4.13. The highest BCUT2D eigenvalue weighted by molar-refractivity contribution is 6.35. The Morgan fingerprint density at radius 1 is 1.18 bits per heavy atom. The number of rotatable bonds is 5. The Balaban J connectivity index is 1.72. The summed E-state index contributed by atoms with van der Waals surface area (Å²) < 4.78 is 5.22. The quantitative estimate of drug-likeness (QED) is 0.730. The van der Waals surface area contributed by atoms with Gasteiger partial charge in [-0.15, -0.1) is 5.10 Å². The van der Waals surface area contributed by atoms with E-state index >= 15 is 0 Å². The third-order valence-electron chi connectivity index (χ3n) is 2.75. The topological polar surface area (TPSA) is 75.9 Å². The molecule has 0 aliphatic rings. The first-order chi connectivity index (χ1) is 10.7. The molecule has 6 nitrogen and oxygen atoms in total. The summed E-state index contributed by atoms with van der Waals surface area (Å²) in [6.07, 6.45) is 3.10. The number of nitrogens with zero attached hydrogens (tertiary/aromatic N) is 3. The smallest absolute Gasteiger partial charge is 0.245 e. The second-order valence-corrected chi connectivity index (χ2v) is 5.19. The SMILES string of the molecule is Clc1ccc(Cl)c(Nc2cnnc(NCc3ccco3)n2)c1. The number of benzene rings is 1. The van der Waals surface area contributed by atoms with Crippen molar-refractivity contribution in [1.82, 2.24) is 15.2 Å². The number of hydrogen-bond acceptors (Lipinski definition) is 6. The maximum Gasteiger partial charge on any atom is 0.245 e. The average molecular weight is 336 g/mol. The first-order valence-electron chi connectivity index (χ1n) is 6.39. The van der Waals surface area contributed by atoms with E-state index in [9.17, 15) is 0 Å². The molecule has 0 bridgehead atoms. The van der Waals surface area contributed by atoms with Gasteiger partial charge in [-0.3, -0.25) is 0 Å². The van der Waals surface area contributed by atoms with Crippen LogP contribution in [0.15, 0.2) is 47.2 Å². The Kier molecular flexibility index (Phi) is 4.41. The maximum atomic E-state index is 6.10. The van der Waals surface area contributed by atoms with E-state index in [1.807, 2.05) is 12.1 Å². The Morgan fingerprint density at radius 2 is 2.09 bits per heavy atom. The lowest BCUT2D eigenvalue weighted by Gasteiger charge is -2.08. The van der Waals surface area contributed by atoms with Gasteiger partial charge in [0.25, 0.3) is 0 Å². The van der Waals surface area contributed by atoms with Crippen molar-refractivity contribution >= 4 is 40.7 Å². The van der Waals surface area contributed by atoms with E-state index < -0.39 is 0 Å². The van der Waals surface area contributed by atoms with Crippen molar-refractivity contribution in [1.29, 1.82) is 0 Å². The largest absolute Gasteiger partial charge is 0.467 e. The van der Waals surface area contributed by atoms with Gasteiger partial charge in [0.1, 0.15) is 5.76 Å². The van der Waals surface area contributed by atoms with Crippen LogP contribution in [0, 0.1) is 0 Å². The number of hydrogen-bond donors (Lipinski definition) is 2. The van der Waals surface area contributed by atoms with Crippen LogP contribution in [0.4, 0.5) is 17.5 Å². The average Bonchev–Trinajstić information content (AvgIpc) is 3.03. The molecule has 0 saturated carbocycles. The molecule has 2 heterocycles. The van der Waals surface area contributed by atoms with Gasteiger partial charge in [0.2, 0.25) is 5.95 Å². The Hall–Kier alpha value is -2.31. The Labute approximate surface area is 136 Å². The molecule has 2 N–H and O–H groups in total. The lowest BCUT2D eigenvalue weighted by molar-refractivity contribution is 0.517. The molecule has 112 valence electrons. The zero-order chi connectivity index (χ0) is 15.4. The minimum atomic E-state index is 0.375. The van der Waals surface area contributed by atoms with Crippen molar-refractivity contribution < 1.29 is 4.42 Å². The Bertz CT molecular complexity index is 764. The number of furan rings is 1. The summed E-state index contributed by atoms with van der Waals surface area (Å²) in [6.45, 7) is 0.468. The molecule has 0 unspecified atom stereocenters. The Morgan fingerprint density at radius 3 is 2.91 bits per heavy atom. The molecule has 1 aromatic carbocycles. The highest BCUT2D eigenvalue weighted by Crippen LogP contribution is 2.27. The molecule has 3 rings (SSSR count). The molecule has 3 aromatic rings. The zero-order valence-corrected chi connectivity index (χ0v) is 12.8. The fourth-order valence-corrected chi connectivity index (χ4v) is 2.09. The van der Waals surface area contributed by atoms with Gasteiger partial charge < -0.3 is 15.1 Å². The first-order valence-corrected chi connectivity index (χ1v) is 7.14. The van der Waals surface area contributed by atoms with Crippen molar-refractivity contribution in [3.8, 4) is 0 Å². The molecule has 0 atom stereocenters.